The third-order valence-corrected chi connectivity index (χ3v) is 1.89. The number of nitrogens with two attached hydrogens (primary N) is 1. The van der Waals surface area contributed by atoms with Crippen LogP contribution in [-0.2, 0) is 4.79 Å². The average molecular weight is 224 g/mol. The molecule has 16 heavy (non-hydrogen) atoms. The van der Waals surface area contributed by atoms with Crippen LogP contribution in [0.25, 0.3) is 0 Å². The SMILES string of the molecule is CC(=O)Nc1ccc(OC[C@@H](O)CN)cc1. The molecule has 0 saturated heterocycles. The summed E-state index contributed by atoms with van der Waals surface area (Å²) in [4.78, 5) is 10.8. The fraction of sp³-hybridized carbons (Fsp3) is 0.364. The van der Waals surface area contributed by atoms with E-state index in [4.69, 9.17) is 10.5 Å². The molecule has 88 valence electrons. The van der Waals surface area contributed by atoms with Crippen molar-refractivity contribution in [2.45, 2.75) is 13.0 Å². The molecule has 4 N–H and O–H groups in total. The highest BCUT2D eigenvalue weighted by Crippen LogP contribution is 2.15. The number of aliphatic hydroxyl groups excluding tert-OH is 1. The Morgan fingerprint density at radius 1 is 1.50 bits per heavy atom. The predicted octanol–water partition coefficient (Wildman–Crippen LogP) is 0.343. The van der Waals surface area contributed by atoms with Crippen LogP contribution >= 0.6 is 0 Å². The molecule has 0 aliphatic rings. The van der Waals surface area contributed by atoms with Crippen LogP contribution in [0.5, 0.6) is 5.75 Å². The van der Waals surface area contributed by atoms with Gasteiger partial charge in [-0.05, 0) is 24.3 Å². The molecule has 0 bridgehead atoms. The highest BCUT2D eigenvalue weighted by Gasteiger charge is 2.02. The van der Waals surface area contributed by atoms with Gasteiger partial charge in [0.05, 0.1) is 0 Å². The number of carbonyl (C=O) groups is 1. The summed E-state index contributed by atoms with van der Waals surface area (Å²) in [5.74, 6) is 0.508. The Morgan fingerprint density at radius 2 is 2.12 bits per heavy atom. The van der Waals surface area contributed by atoms with Gasteiger partial charge in [0.2, 0.25) is 5.91 Å². The minimum absolute atomic E-state index is 0.118. The van der Waals surface area contributed by atoms with Crippen molar-refractivity contribution in [3.05, 3.63) is 24.3 Å². The van der Waals surface area contributed by atoms with Crippen LogP contribution < -0.4 is 15.8 Å². The van der Waals surface area contributed by atoms with Crippen molar-refractivity contribution in [2.75, 3.05) is 18.5 Å². The monoisotopic (exact) mass is 224 g/mol. The van der Waals surface area contributed by atoms with E-state index < -0.39 is 6.10 Å². The smallest absolute Gasteiger partial charge is 0.221 e. The van der Waals surface area contributed by atoms with Gasteiger partial charge in [-0.3, -0.25) is 4.79 Å². The quantitative estimate of drug-likeness (QED) is 0.673. The number of carbonyl (C=O) groups excluding carboxylic acids is 1. The molecule has 0 radical (unpaired) electrons. The van der Waals surface area contributed by atoms with Crippen LogP contribution in [0.4, 0.5) is 5.69 Å². The van der Waals surface area contributed by atoms with Crippen molar-refractivity contribution in [2.24, 2.45) is 5.73 Å². The predicted molar refractivity (Wildman–Crippen MR) is 61.3 cm³/mol. The van der Waals surface area contributed by atoms with Crippen molar-refractivity contribution in [3.8, 4) is 5.75 Å². The molecule has 0 heterocycles. The Kier molecular flexibility index (Phi) is 4.75. The van der Waals surface area contributed by atoms with Crippen molar-refractivity contribution >= 4 is 11.6 Å². The minimum Gasteiger partial charge on any atom is -0.491 e. The van der Waals surface area contributed by atoms with Gasteiger partial charge in [-0.1, -0.05) is 0 Å². The summed E-state index contributed by atoms with van der Waals surface area (Å²) in [6.07, 6.45) is -0.657. The van der Waals surface area contributed by atoms with Crippen LogP contribution in [0.3, 0.4) is 0 Å². The molecule has 1 rings (SSSR count). The zero-order chi connectivity index (χ0) is 12.0. The Labute approximate surface area is 94.2 Å². The summed E-state index contributed by atoms with van der Waals surface area (Å²) in [5.41, 5.74) is 5.95. The van der Waals surface area contributed by atoms with Crippen molar-refractivity contribution in [3.63, 3.8) is 0 Å². The van der Waals surface area contributed by atoms with Crippen molar-refractivity contribution in [1.82, 2.24) is 0 Å². The molecule has 0 aliphatic carbocycles. The first kappa shape index (κ1) is 12.5. The Hall–Kier alpha value is -1.59. The molecule has 1 aromatic carbocycles. The van der Waals surface area contributed by atoms with Crippen molar-refractivity contribution < 1.29 is 14.6 Å². The first-order valence-corrected chi connectivity index (χ1v) is 5.00. The van der Waals surface area contributed by atoms with Crippen LogP contribution in [0.1, 0.15) is 6.92 Å². The molecule has 5 heteroatoms. The standard InChI is InChI=1S/C11H16N2O3/c1-8(14)13-9-2-4-11(5-3-9)16-7-10(15)6-12/h2-5,10,15H,6-7,12H2,1H3,(H,13,14)/t10-/m0/s1. The van der Waals surface area contributed by atoms with E-state index in [9.17, 15) is 9.90 Å². The lowest BCUT2D eigenvalue weighted by atomic mass is 10.3. The Morgan fingerprint density at radius 3 is 2.62 bits per heavy atom. The van der Waals surface area contributed by atoms with Gasteiger partial charge >= 0.3 is 0 Å². The molecule has 0 saturated carbocycles. The largest absolute Gasteiger partial charge is 0.491 e. The zero-order valence-electron chi connectivity index (χ0n) is 9.14. The van der Waals surface area contributed by atoms with E-state index in [0.717, 1.165) is 0 Å². The summed E-state index contributed by atoms with van der Waals surface area (Å²) in [7, 11) is 0. The van der Waals surface area contributed by atoms with E-state index in [1.165, 1.54) is 6.92 Å². The van der Waals surface area contributed by atoms with E-state index in [-0.39, 0.29) is 19.1 Å². The van der Waals surface area contributed by atoms with Gasteiger partial charge in [-0.2, -0.15) is 0 Å². The Balaban J connectivity index is 2.48. The van der Waals surface area contributed by atoms with Gasteiger partial charge in [-0.15, -0.1) is 0 Å². The summed E-state index contributed by atoms with van der Waals surface area (Å²) >= 11 is 0. The van der Waals surface area contributed by atoms with E-state index in [0.29, 0.717) is 11.4 Å². The van der Waals surface area contributed by atoms with E-state index in [1.807, 2.05) is 0 Å². The number of amides is 1. The topological polar surface area (TPSA) is 84.6 Å². The molecule has 0 aliphatic heterocycles. The summed E-state index contributed by atoms with van der Waals surface area (Å²) in [6.45, 7) is 1.78. The molecule has 1 amide bonds. The molecular formula is C11H16N2O3. The minimum atomic E-state index is -0.657. The first-order chi connectivity index (χ1) is 7.61. The highest BCUT2D eigenvalue weighted by atomic mass is 16.5. The zero-order valence-corrected chi connectivity index (χ0v) is 9.14. The second-order valence-electron chi connectivity index (χ2n) is 3.41. The number of hydrogen-bond acceptors (Lipinski definition) is 4. The number of benzene rings is 1. The summed E-state index contributed by atoms with van der Waals surface area (Å²) in [5, 5.41) is 11.8. The van der Waals surface area contributed by atoms with Gasteiger partial charge in [0.15, 0.2) is 0 Å². The molecule has 0 fully saturated rings. The lowest BCUT2D eigenvalue weighted by Gasteiger charge is -2.10. The summed E-state index contributed by atoms with van der Waals surface area (Å²) in [6, 6.07) is 6.89. The molecule has 1 atom stereocenters. The first-order valence-electron chi connectivity index (χ1n) is 5.00. The molecule has 0 aromatic heterocycles. The highest BCUT2D eigenvalue weighted by molar-refractivity contribution is 5.88. The maximum Gasteiger partial charge on any atom is 0.221 e. The average Bonchev–Trinajstić information content (AvgIpc) is 2.27. The van der Waals surface area contributed by atoms with Crippen LogP contribution in [0.15, 0.2) is 24.3 Å². The van der Waals surface area contributed by atoms with Crippen LogP contribution in [0.2, 0.25) is 0 Å². The number of rotatable bonds is 5. The molecule has 5 nitrogen and oxygen atoms in total. The van der Waals surface area contributed by atoms with Crippen LogP contribution in [0, 0.1) is 0 Å². The van der Waals surface area contributed by atoms with Gasteiger partial charge in [0, 0.05) is 19.2 Å². The lowest BCUT2D eigenvalue weighted by molar-refractivity contribution is -0.114. The number of ether oxygens (including phenoxy) is 1. The van der Waals surface area contributed by atoms with Gasteiger partial charge in [0.1, 0.15) is 18.5 Å². The molecule has 0 spiro atoms. The molecule has 0 unspecified atom stereocenters. The second kappa shape index (κ2) is 6.09. The van der Waals surface area contributed by atoms with Gasteiger partial charge < -0.3 is 20.9 Å². The van der Waals surface area contributed by atoms with Gasteiger partial charge in [0.25, 0.3) is 0 Å². The molecular weight excluding hydrogens is 208 g/mol. The maximum absolute atomic E-state index is 10.8. The Bertz CT molecular complexity index is 338. The second-order valence-corrected chi connectivity index (χ2v) is 3.41. The third kappa shape index (κ3) is 4.29. The number of nitrogens with one attached hydrogen (secondary N) is 1. The maximum atomic E-state index is 10.8. The van der Waals surface area contributed by atoms with E-state index >= 15 is 0 Å². The number of anilines is 1. The number of hydrogen-bond donors (Lipinski definition) is 3. The van der Waals surface area contributed by atoms with Crippen LogP contribution in [-0.4, -0.2) is 30.3 Å². The third-order valence-electron chi connectivity index (χ3n) is 1.89. The fourth-order valence-electron chi connectivity index (χ4n) is 1.10. The normalized spacial score (nSPS) is 11.9. The fourth-order valence-corrected chi connectivity index (χ4v) is 1.10. The number of aliphatic hydroxyl groups is 1. The summed E-state index contributed by atoms with van der Waals surface area (Å²) < 4.78 is 5.28. The van der Waals surface area contributed by atoms with E-state index in [1.54, 1.807) is 24.3 Å². The van der Waals surface area contributed by atoms with Crippen molar-refractivity contribution in [1.29, 1.82) is 0 Å². The molecule has 1 aromatic rings. The van der Waals surface area contributed by atoms with Gasteiger partial charge in [-0.25, -0.2) is 0 Å². The lowest BCUT2D eigenvalue weighted by Crippen LogP contribution is -2.26. The van der Waals surface area contributed by atoms with E-state index in [2.05, 4.69) is 5.32 Å².